The third-order valence-corrected chi connectivity index (χ3v) is 4.79. The van der Waals surface area contributed by atoms with E-state index in [-0.39, 0.29) is 36.2 Å². The highest BCUT2D eigenvalue weighted by Crippen LogP contribution is 2.25. The van der Waals surface area contributed by atoms with Crippen LogP contribution in [0.1, 0.15) is 0 Å². The van der Waals surface area contributed by atoms with Crippen LogP contribution >= 0.6 is 11.6 Å². The molecule has 0 saturated carbocycles. The van der Waals surface area contributed by atoms with Gasteiger partial charge in [-0.25, -0.2) is 12.8 Å². The first-order chi connectivity index (χ1) is 8.93. The summed E-state index contributed by atoms with van der Waals surface area (Å²) < 4.78 is 43.6. The molecule has 108 valence electrons. The van der Waals surface area contributed by atoms with Gasteiger partial charge < -0.3 is 9.84 Å². The zero-order chi connectivity index (χ0) is 14.5. The van der Waals surface area contributed by atoms with Gasteiger partial charge in [-0.05, 0) is 18.2 Å². The summed E-state index contributed by atoms with van der Waals surface area (Å²) in [6, 6.07) is 3.11. The van der Waals surface area contributed by atoms with Crippen molar-refractivity contribution >= 4 is 21.6 Å². The molecule has 0 radical (unpaired) electrons. The number of hydrogen-bond donors (Lipinski definition) is 1. The van der Waals surface area contributed by atoms with E-state index in [1.807, 2.05) is 0 Å². The molecule has 0 atom stereocenters. The highest BCUT2D eigenvalue weighted by atomic mass is 35.5. The molecule has 1 rings (SSSR count). The van der Waals surface area contributed by atoms with Gasteiger partial charge in [-0.3, -0.25) is 0 Å². The first-order valence-electron chi connectivity index (χ1n) is 5.48. The zero-order valence-corrected chi connectivity index (χ0v) is 11.9. The van der Waals surface area contributed by atoms with E-state index in [4.69, 9.17) is 21.4 Å². The molecule has 0 spiro atoms. The Morgan fingerprint density at radius 3 is 2.68 bits per heavy atom. The number of benzene rings is 1. The summed E-state index contributed by atoms with van der Waals surface area (Å²) in [5.41, 5.74) is 0. The minimum atomic E-state index is -3.97. The Hall–Kier alpha value is -0.730. The average Bonchev–Trinajstić information content (AvgIpc) is 2.37. The van der Waals surface area contributed by atoms with Crippen LogP contribution in [0.2, 0.25) is 5.02 Å². The van der Waals surface area contributed by atoms with Gasteiger partial charge in [0.1, 0.15) is 10.7 Å². The van der Waals surface area contributed by atoms with E-state index in [1.54, 1.807) is 0 Å². The van der Waals surface area contributed by atoms with Gasteiger partial charge in [0.2, 0.25) is 10.0 Å². The summed E-state index contributed by atoms with van der Waals surface area (Å²) >= 11 is 5.79. The monoisotopic (exact) mass is 311 g/mol. The van der Waals surface area contributed by atoms with Gasteiger partial charge in [0, 0.05) is 20.2 Å². The minimum Gasteiger partial charge on any atom is -0.395 e. The summed E-state index contributed by atoms with van der Waals surface area (Å²) in [5.74, 6) is -0.696. The van der Waals surface area contributed by atoms with Gasteiger partial charge in [-0.15, -0.1) is 0 Å². The van der Waals surface area contributed by atoms with Crippen molar-refractivity contribution in [1.82, 2.24) is 4.31 Å². The molecule has 0 bridgehead atoms. The summed E-state index contributed by atoms with van der Waals surface area (Å²) in [6.45, 7) is -0.257. The Kier molecular flexibility index (Phi) is 6.15. The van der Waals surface area contributed by atoms with Crippen molar-refractivity contribution in [3.8, 4) is 0 Å². The van der Waals surface area contributed by atoms with Gasteiger partial charge in [0.05, 0.1) is 18.2 Å². The fourth-order valence-corrected chi connectivity index (χ4v) is 3.37. The van der Waals surface area contributed by atoms with Gasteiger partial charge in [-0.1, -0.05) is 11.6 Å². The lowest BCUT2D eigenvalue weighted by Crippen LogP contribution is -2.36. The van der Waals surface area contributed by atoms with E-state index >= 15 is 0 Å². The molecule has 0 aliphatic carbocycles. The fraction of sp³-hybridized carbons (Fsp3) is 0.455. The van der Waals surface area contributed by atoms with Crippen LogP contribution in [0, 0.1) is 5.82 Å². The van der Waals surface area contributed by atoms with E-state index < -0.39 is 15.8 Å². The van der Waals surface area contributed by atoms with Crippen molar-refractivity contribution in [3.05, 3.63) is 29.0 Å². The second-order valence-electron chi connectivity index (χ2n) is 3.70. The van der Waals surface area contributed by atoms with Crippen molar-refractivity contribution in [2.45, 2.75) is 4.90 Å². The SMILES string of the molecule is COCCN(CCO)S(=O)(=O)c1cc(F)ccc1Cl. The maximum atomic E-state index is 13.2. The molecule has 5 nitrogen and oxygen atoms in total. The van der Waals surface area contributed by atoms with Crippen molar-refractivity contribution in [2.24, 2.45) is 0 Å². The van der Waals surface area contributed by atoms with Crippen LogP contribution in [0.4, 0.5) is 4.39 Å². The van der Waals surface area contributed by atoms with E-state index in [1.165, 1.54) is 13.2 Å². The standard InChI is InChI=1S/C11H15ClFNO4S/c1-18-7-5-14(4-6-15)19(16,17)11-8-9(13)2-3-10(11)12/h2-3,8,15H,4-7H2,1H3. The Morgan fingerprint density at radius 2 is 2.11 bits per heavy atom. The number of nitrogens with zero attached hydrogens (tertiary/aromatic N) is 1. The molecule has 0 saturated heterocycles. The van der Waals surface area contributed by atoms with Gasteiger partial charge in [0.25, 0.3) is 0 Å². The molecule has 0 fully saturated rings. The Bertz CT molecular complexity index is 523. The van der Waals surface area contributed by atoms with Crippen LogP contribution in [0.5, 0.6) is 0 Å². The Labute approximate surface area is 116 Å². The molecule has 1 aromatic rings. The van der Waals surface area contributed by atoms with Crippen LogP contribution < -0.4 is 0 Å². The number of methoxy groups -OCH3 is 1. The first-order valence-corrected chi connectivity index (χ1v) is 7.30. The third-order valence-electron chi connectivity index (χ3n) is 2.41. The second kappa shape index (κ2) is 7.16. The normalized spacial score (nSPS) is 12.1. The molecule has 0 amide bonds. The molecule has 0 aromatic heterocycles. The molecule has 0 heterocycles. The maximum Gasteiger partial charge on any atom is 0.244 e. The first kappa shape index (κ1) is 16.3. The minimum absolute atomic E-state index is 0.0479. The number of sulfonamides is 1. The molecule has 1 aromatic carbocycles. The number of ether oxygens (including phenoxy) is 1. The molecule has 0 aliphatic heterocycles. The highest BCUT2D eigenvalue weighted by Gasteiger charge is 2.26. The third kappa shape index (κ3) is 4.12. The largest absolute Gasteiger partial charge is 0.395 e. The molecular weight excluding hydrogens is 297 g/mol. The average molecular weight is 312 g/mol. The molecule has 1 N–H and O–H groups in total. The van der Waals surface area contributed by atoms with E-state index in [0.29, 0.717) is 0 Å². The number of hydrogen-bond acceptors (Lipinski definition) is 4. The number of halogens is 2. The Morgan fingerprint density at radius 1 is 1.42 bits per heavy atom. The molecule has 19 heavy (non-hydrogen) atoms. The van der Waals surface area contributed by atoms with Gasteiger partial charge in [-0.2, -0.15) is 4.31 Å². The van der Waals surface area contributed by atoms with Crippen LogP contribution in [0.25, 0.3) is 0 Å². The quantitative estimate of drug-likeness (QED) is 0.819. The van der Waals surface area contributed by atoms with E-state index in [0.717, 1.165) is 16.4 Å². The number of rotatable bonds is 7. The van der Waals surface area contributed by atoms with Crippen LogP contribution in [0.3, 0.4) is 0 Å². The smallest absolute Gasteiger partial charge is 0.244 e. The molecule has 0 unspecified atom stereocenters. The van der Waals surface area contributed by atoms with E-state index in [9.17, 15) is 12.8 Å². The predicted molar refractivity (Wildman–Crippen MR) is 69.1 cm³/mol. The van der Waals surface area contributed by atoms with Gasteiger partial charge in [0.15, 0.2) is 0 Å². The molecule has 8 heteroatoms. The summed E-state index contributed by atoms with van der Waals surface area (Å²) in [7, 11) is -2.54. The van der Waals surface area contributed by atoms with Gasteiger partial charge >= 0.3 is 0 Å². The predicted octanol–water partition coefficient (Wildman–Crippen LogP) is 1.11. The van der Waals surface area contributed by atoms with E-state index in [2.05, 4.69) is 0 Å². The lowest BCUT2D eigenvalue weighted by molar-refractivity contribution is 0.168. The van der Waals surface area contributed by atoms with Crippen LogP contribution in [-0.2, 0) is 14.8 Å². The zero-order valence-electron chi connectivity index (χ0n) is 10.3. The summed E-state index contributed by atoms with van der Waals surface area (Å²) in [4.78, 5) is -0.321. The highest BCUT2D eigenvalue weighted by molar-refractivity contribution is 7.89. The van der Waals surface area contributed by atoms with Crippen molar-refractivity contribution in [3.63, 3.8) is 0 Å². The van der Waals surface area contributed by atoms with Crippen molar-refractivity contribution in [1.29, 1.82) is 0 Å². The molecular formula is C11H15ClFNO4S. The number of aliphatic hydroxyl groups excluding tert-OH is 1. The topological polar surface area (TPSA) is 66.8 Å². The number of aliphatic hydroxyl groups is 1. The van der Waals surface area contributed by atoms with Crippen molar-refractivity contribution < 1.29 is 22.7 Å². The van der Waals surface area contributed by atoms with Crippen molar-refractivity contribution in [2.75, 3.05) is 33.4 Å². The fourth-order valence-electron chi connectivity index (χ4n) is 1.47. The lowest BCUT2D eigenvalue weighted by atomic mass is 10.3. The second-order valence-corrected chi connectivity index (χ2v) is 6.01. The molecule has 0 aliphatic rings. The van der Waals surface area contributed by atoms with Crippen LogP contribution in [0.15, 0.2) is 23.1 Å². The Balaban J connectivity index is 3.14. The van der Waals surface area contributed by atoms with Crippen LogP contribution in [-0.4, -0.2) is 51.2 Å². The summed E-state index contributed by atoms with van der Waals surface area (Å²) in [5, 5.41) is 8.85. The lowest BCUT2D eigenvalue weighted by Gasteiger charge is -2.21. The maximum absolute atomic E-state index is 13.2. The summed E-state index contributed by atoms with van der Waals surface area (Å²) in [6.07, 6.45) is 0.